The molecule has 0 spiro atoms. The fourth-order valence-corrected chi connectivity index (χ4v) is 0.961. The summed E-state index contributed by atoms with van der Waals surface area (Å²) in [7, 11) is 0. The molecule has 13 heavy (non-hydrogen) atoms. The van der Waals surface area contributed by atoms with Crippen LogP contribution in [0.1, 0.15) is 33.1 Å². The van der Waals surface area contributed by atoms with Crippen molar-refractivity contribution in [2.75, 3.05) is 6.61 Å². The van der Waals surface area contributed by atoms with Gasteiger partial charge in [0.2, 0.25) is 0 Å². The van der Waals surface area contributed by atoms with Crippen molar-refractivity contribution in [1.29, 1.82) is 0 Å². The van der Waals surface area contributed by atoms with Gasteiger partial charge in [-0.25, -0.2) is 0 Å². The Kier molecular flexibility index (Phi) is 5.48. The topological polar surface area (TPSA) is 80.9 Å². The summed E-state index contributed by atoms with van der Waals surface area (Å²) in [6, 6.07) is 0. The minimum Gasteiger partial charge on any atom is -0.396 e. The van der Waals surface area contributed by atoms with E-state index in [2.05, 4.69) is 0 Å². The molecular weight excluding hydrogens is 172 g/mol. The third-order valence-corrected chi connectivity index (χ3v) is 2.28. The number of aliphatic hydroxyl groups excluding tert-OH is 3. The van der Waals surface area contributed by atoms with Crippen LogP contribution in [0.15, 0.2) is 0 Å². The van der Waals surface area contributed by atoms with Crippen molar-refractivity contribution in [3.05, 3.63) is 0 Å². The van der Waals surface area contributed by atoms with Gasteiger partial charge in [0.1, 0.15) is 0 Å². The van der Waals surface area contributed by atoms with Crippen molar-refractivity contribution in [2.24, 2.45) is 5.41 Å². The fourth-order valence-electron chi connectivity index (χ4n) is 0.961. The molecule has 0 heterocycles. The van der Waals surface area contributed by atoms with Gasteiger partial charge >= 0.3 is 0 Å². The molecule has 1 atom stereocenters. The molecule has 0 rings (SSSR count). The Hall–Kier alpha value is -0.160. The Morgan fingerprint density at radius 3 is 2.00 bits per heavy atom. The van der Waals surface area contributed by atoms with Gasteiger partial charge in [0.15, 0.2) is 6.29 Å². The summed E-state index contributed by atoms with van der Waals surface area (Å²) in [6.45, 7) is 3.41. The molecule has 0 fully saturated rings. The largest absolute Gasteiger partial charge is 0.396 e. The lowest BCUT2D eigenvalue weighted by Crippen LogP contribution is -2.30. The molecule has 0 aliphatic carbocycles. The summed E-state index contributed by atoms with van der Waals surface area (Å²) in [5.74, 6) is 0. The predicted octanol–water partition coefficient (Wildman–Crippen LogP) is -0.153. The van der Waals surface area contributed by atoms with Gasteiger partial charge < -0.3 is 20.4 Å². The Bertz CT molecular complexity index is 134. The van der Waals surface area contributed by atoms with Crippen LogP contribution in [0.5, 0.6) is 0 Å². The van der Waals surface area contributed by atoms with Crippen molar-refractivity contribution in [2.45, 2.75) is 45.5 Å². The summed E-state index contributed by atoms with van der Waals surface area (Å²) in [4.78, 5) is 0. The van der Waals surface area contributed by atoms with Crippen LogP contribution in [-0.4, -0.2) is 39.4 Å². The SMILES string of the molecule is CC(C)(CCC(O)CCO)C(O)O. The zero-order valence-corrected chi connectivity index (χ0v) is 8.27. The Morgan fingerprint density at radius 2 is 1.62 bits per heavy atom. The zero-order valence-electron chi connectivity index (χ0n) is 8.27. The lowest BCUT2D eigenvalue weighted by atomic mass is 9.86. The molecule has 0 aromatic heterocycles. The average Bonchev–Trinajstić information content (AvgIpc) is 2.01. The molecule has 0 aliphatic rings. The average molecular weight is 192 g/mol. The van der Waals surface area contributed by atoms with Gasteiger partial charge in [-0.05, 0) is 19.3 Å². The van der Waals surface area contributed by atoms with Crippen molar-refractivity contribution in [3.8, 4) is 0 Å². The van der Waals surface area contributed by atoms with Crippen molar-refractivity contribution >= 4 is 0 Å². The molecule has 0 radical (unpaired) electrons. The molecule has 0 aromatic carbocycles. The quantitative estimate of drug-likeness (QED) is 0.441. The van der Waals surface area contributed by atoms with Crippen molar-refractivity contribution in [3.63, 3.8) is 0 Å². The van der Waals surface area contributed by atoms with E-state index in [0.717, 1.165) is 0 Å². The van der Waals surface area contributed by atoms with Crippen LogP contribution in [0.3, 0.4) is 0 Å². The van der Waals surface area contributed by atoms with Gasteiger partial charge in [-0.2, -0.15) is 0 Å². The molecule has 0 saturated carbocycles. The van der Waals surface area contributed by atoms with Crippen molar-refractivity contribution < 1.29 is 20.4 Å². The van der Waals surface area contributed by atoms with Gasteiger partial charge in [-0.1, -0.05) is 13.8 Å². The van der Waals surface area contributed by atoms with Gasteiger partial charge in [0.25, 0.3) is 0 Å². The number of hydrogen-bond donors (Lipinski definition) is 4. The summed E-state index contributed by atoms with van der Waals surface area (Å²) in [6.07, 6.45) is -0.578. The first-order chi connectivity index (χ1) is 5.90. The Labute approximate surface area is 78.8 Å². The van der Waals surface area contributed by atoms with Crippen LogP contribution in [0.25, 0.3) is 0 Å². The van der Waals surface area contributed by atoms with E-state index in [4.69, 9.17) is 15.3 Å². The van der Waals surface area contributed by atoms with Crippen LogP contribution >= 0.6 is 0 Å². The highest BCUT2D eigenvalue weighted by Crippen LogP contribution is 2.26. The second-order valence-electron chi connectivity index (χ2n) is 4.07. The summed E-state index contributed by atoms with van der Waals surface area (Å²) < 4.78 is 0. The predicted molar refractivity (Wildman–Crippen MR) is 49.0 cm³/mol. The van der Waals surface area contributed by atoms with Gasteiger partial charge in [-0.15, -0.1) is 0 Å². The molecule has 0 saturated heterocycles. The molecule has 4 nitrogen and oxygen atoms in total. The van der Waals surface area contributed by atoms with Gasteiger partial charge in [0.05, 0.1) is 6.10 Å². The van der Waals surface area contributed by atoms with E-state index in [0.29, 0.717) is 19.3 Å². The smallest absolute Gasteiger partial charge is 0.156 e. The molecule has 0 aromatic rings. The van der Waals surface area contributed by atoms with Crippen LogP contribution in [0.4, 0.5) is 0 Å². The summed E-state index contributed by atoms with van der Waals surface area (Å²) in [5, 5.41) is 35.7. The van der Waals surface area contributed by atoms with Gasteiger partial charge in [-0.3, -0.25) is 0 Å². The monoisotopic (exact) mass is 192 g/mol. The highest BCUT2D eigenvalue weighted by molar-refractivity contribution is 4.72. The molecule has 0 aliphatic heterocycles. The fraction of sp³-hybridized carbons (Fsp3) is 1.00. The molecule has 80 valence electrons. The van der Waals surface area contributed by atoms with E-state index in [1.807, 2.05) is 0 Å². The Morgan fingerprint density at radius 1 is 1.08 bits per heavy atom. The molecular formula is C9H20O4. The number of aliphatic hydroxyl groups is 4. The highest BCUT2D eigenvalue weighted by atomic mass is 16.5. The van der Waals surface area contributed by atoms with Gasteiger partial charge in [0, 0.05) is 12.0 Å². The van der Waals surface area contributed by atoms with Crippen LogP contribution in [0, 0.1) is 5.41 Å². The summed E-state index contributed by atoms with van der Waals surface area (Å²) >= 11 is 0. The first kappa shape index (κ1) is 12.8. The van der Waals surface area contributed by atoms with E-state index >= 15 is 0 Å². The first-order valence-corrected chi connectivity index (χ1v) is 4.55. The maximum atomic E-state index is 9.27. The molecule has 4 heteroatoms. The van der Waals surface area contributed by atoms with E-state index in [-0.39, 0.29) is 6.61 Å². The molecule has 1 unspecified atom stereocenters. The molecule has 0 bridgehead atoms. The minimum atomic E-state index is -1.37. The summed E-state index contributed by atoms with van der Waals surface area (Å²) in [5.41, 5.74) is -0.601. The lowest BCUT2D eigenvalue weighted by Gasteiger charge is -2.27. The number of rotatable bonds is 6. The third-order valence-electron chi connectivity index (χ3n) is 2.28. The van der Waals surface area contributed by atoms with E-state index in [1.165, 1.54) is 0 Å². The molecule has 0 amide bonds. The van der Waals surface area contributed by atoms with Crippen LogP contribution < -0.4 is 0 Å². The maximum absolute atomic E-state index is 9.27. The second kappa shape index (κ2) is 5.54. The number of hydrogen-bond acceptors (Lipinski definition) is 4. The molecule has 4 N–H and O–H groups in total. The zero-order chi connectivity index (χ0) is 10.5. The van der Waals surface area contributed by atoms with Crippen molar-refractivity contribution in [1.82, 2.24) is 0 Å². The van der Waals surface area contributed by atoms with E-state index in [1.54, 1.807) is 13.8 Å². The minimum absolute atomic E-state index is 0.0384. The van der Waals surface area contributed by atoms with E-state index in [9.17, 15) is 5.11 Å². The Balaban J connectivity index is 3.74. The van der Waals surface area contributed by atoms with E-state index < -0.39 is 17.8 Å². The van der Waals surface area contributed by atoms with Crippen LogP contribution in [0.2, 0.25) is 0 Å². The standard InChI is InChI=1S/C9H20O4/c1-9(2,8(12)13)5-3-7(11)4-6-10/h7-8,10-13H,3-6H2,1-2H3. The first-order valence-electron chi connectivity index (χ1n) is 4.55. The lowest BCUT2D eigenvalue weighted by molar-refractivity contribution is -0.126. The maximum Gasteiger partial charge on any atom is 0.156 e. The van der Waals surface area contributed by atoms with Crippen LogP contribution in [-0.2, 0) is 0 Å². The normalized spacial score (nSPS) is 15.0. The highest BCUT2D eigenvalue weighted by Gasteiger charge is 2.26. The second-order valence-corrected chi connectivity index (χ2v) is 4.07. The third kappa shape index (κ3) is 5.21.